The van der Waals surface area contributed by atoms with E-state index in [2.05, 4.69) is 0 Å². The first-order chi connectivity index (χ1) is 15.5. The zero-order valence-corrected chi connectivity index (χ0v) is 18.8. The van der Waals surface area contributed by atoms with Crippen LogP contribution in [0.1, 0.15) is 57.4 Å². The minimum atomic E-state index is -1.01. The van der Waals surface area contributed by atoms with Gasteiger partial charge in [0.15, 0.2) is 0 Å². The van der Waals surface area contributed by atoms with E-state index < -0.39 is 11.7 Å². The minimum Gasteiger partial charge on any atom is -0.440 e. The van der Waals surface area contributed by atoms with Gasteiger partial charge in [0, 0.05) is 13.1 Å². The quantitative estimate of drug-likeness (QED) is 0.342. The number of rotatable bonds is 8. The molecule has 1 saturated heterocycles. The molecule has 0 N–H and O–H groups in total. The largest absolute Gasteiger partial charge is 0.448 e. The zero-order chi connectivity index (χ0) is 22.8. The Morgan fingerprint density at radius 1 is 1.19 bits per heavy atom. The fourth-order valence-electron chi connectivity index (χ4n) is 4.48. The van der Waals surface area contributed by atoms with Crippen molar-refractivity contribution in [2.24, 2.45) is 5.92 Å². The smallest absolute Gasteiger partial charge is 0.440 e. The lowest BCUT2D eigenvalue weighted by Gasteiger charge is -2.36. The van der Waals surface area contributed by atoms with Gasteiger partial charge in [0.05, 0.1) is 19.6 Å². The van der Waals surface area contributed by atoms with E-state index in [0.29, 0.717) is 43.7 Å². The molecule has 0 spiro atoms. The van der Waals surface area contributed by atoms with Gasteiger partial charge in [-0.05, 0) is 24.8 Å². The van der Waals surface area contributed by atoms with Gasteiger partial charge < -0.3 is 14.4 Å². The van der Waals surface area contributed by atoms with E-state index in [1.165, 1.54) is 6.42 Å². The standard InChI is InChI=1S/C24H33N3O5/c1-24(16-20-8-4-2-5-9-20,17-22(28)26-12-14-30-15-13-26)32-23(29)27(19-25)31-18-21-10-6-3-7-11-21/h3,6-7,10-11,20H,2,4-5,8-9,12-18H2,1H3. The molecule has 1 aromatic rings. The second-order valence-corrected chi connectivity index (χ2v) is 8.85. The van der Waals surface area contributed by atoms with Crippen molar-refractivity contribution in [3.63, 3.8) is 0 Å². The Morgan fingerprint density at radius 3 is 2.53 bits per heavy atom. The summed E-state index contributed by atoms with van der Waals surface area (Å²) in [5, 5.41) is 10.0. The highest BCUT2D eigenvalue weighted by molar-refractivity contribution is 5.78. The monoisotopic (exact) mass is 443 g/mol. The Labute approximate surface area is 190 Å². The van der Waals surface area contributed by atoms with Crippen molar-refractivity contribution in [2.75, 3.05) is 26.3 Å². The van der Waals surface area contributed by atoms with E-state index in [1.54, 1.807) is 18.0 Å². The average Bonchev–Trinajstić information content (AvgIpc) is 2.81. The summed E-state index contributed by atoms with van der Waals surface area (Å²) in [5.74, 6) is 0.327. The van der Waals surface area contributed by atoms with Crippen molar-refractivity contribution in [3.05, 3.63) is 35.9 Å². The van der Waals surface area contributed by atoms with E-state index in [9.17, 15) is 14.9 Å². The van der Waals surface area contributed by atoms with Crippen LogP contribution >= 0.6 is 0 Å². The summed E-state index contributed by atoms with van der Waals surface area (Å²) in [7, 11) is 0. The third-order valence-electron chi connectivity index (χ3n) is 6.13. The third kappa shape index (κ3) is 7.21. The second-order valence-electron chi connectivity index (χ2n) is 8.85. The number of carbonyl (C=O) groups excluding carboxylic acids is 2. The molecule has 1 heterocycles. The second kappa shape index (κ2) is 11.8. The van der Waals surface area contributed by atoms with Gasteiger partial charge in [-0.25, -0.2) is 9.63 Å². The number of nitrogens with zero attached hydrogens (tertiary/aromatic N) is 3. The van der Waals surface area contributed by atoms with Crippen molar-refractivity contribution >= 4 is 12.0 Å². The summed E-state index contributed by atoms with van der Waals surface area (Å²) >= 11 is 0. The van der Waals surface area contributed by atoms with Crippen LogP contribution in [0.2, 0.25) is 0 Å². The molecule has 32 heavy (non-hydrogen) atoms. The van der Waals surface area contributed by atoms with Gasteiger partial charge in [0.1, 0.15) is 12.2 Å². The summed E-state index contributed by atoms with van der Waals surface area (Å²) in [6.07, 6.45) is 7.15. The Morgan fingerprint density at radius 2 is 1.88 bits per heavy atom. The number of hydrogen-bond acceptors (Lipinski definition) is 6. The van der Waals surface area contributed by atoms with Gasteiger partial charge in [-0.2, -0.15) is 5.26 Å². The summed E-state index contributed by atoms with van der Waals surface area (Å²) < 4.78 is 11.1. The van der Waals surface area contributed by atoms with Crippen LogP contribution in [0, 0.1) is 17.4 Å². The van der Waals surface area contributed by atoms with Crippen LogP contribution < -0.4 is 0 Å². The summed E-state index contributed by atoms with van der Waals surface area (Å²) in [6, 6.07) is 9.27. The lowest BCUT2D eigenvalue weighted by molar-refractivity contribution is -0.147. The van der Waals surface area contributed by atoms with Crippen molar-refractivity contribution in [1.82, 2.24) is 9.96 Å². The third-order valence-corrected chi connectivity index (χ3v) is 6.13. The van der Waals surface area contributed by atoms with Crippen molar-refractivity contribution in [1.29, 1.82) is 5.26 Å². The van der Waals surface area contributed by atoms with Crippen LogP contribution in [-0.2, 0) is 25.7 Å². The lowest BCUT2D eigenvalue weighted by atomic mass is 9.80. The average molecular weight is 444 g/mol. The van der Waals surface area contributed by atoms with E-state index in [1.807, 2.05) is 30.3 Å². The number of ether oxygens (including phenoxy) is 2. The SMILES string of the molecule is CC(CC(=O)N1CCOCC1)(CC1CCCCC1)OC(=O)N(C#N)OCc1ccccc1. The van der Waals surface area contributed by atoms with Gasteiger partial charge in [-0.1, -0.05) is 67.5 Å². The molecule has 1 aromatic carbocycles. The molecule has 0 bridgehead atoms. The first-order valence-corrected chi connectivity index (χ1v) is 11.4. The molecule has 1 saturated carbocycles. The molecule has 1 aliphatic heterocycles. The number of amides is 2. The van der Waals surface area contributed by atoms with Gasteiger partial charge in [0.2, 0.25) is 12.1 Å². The summed E-state index contributed by atoms with van der Waals surface area (Å²) in [6.45, 7) is 3.97. The number of morpholine rings is 1. The molecule has 1 unspecified atom stereocenters. The Bertz CT molecular complexity index is 785. The molecule has 8 heteroatoms. The van der Waals surface area contributed by atoms with E-state index in [4.69, 9.17) is 14.3 Å². The highest BCUT2D eigenvalue weighted by atomic mass is 16.7. The fourth-order valence-corrected chi connectivity index (χ4v) is 4.48. The molecule has 174 valence electrons. The maximum absolute atomic E-state index is 13.0. The molecule has 2 fully saturated rings. The lowest BCUT2D eigenvalue weighted by Crippen LogP contribution is -2.47. The maximum Gasteiger partial charge on any atom is 0.448 e. The normalized spacial score (nSPS) is 18.9. The van der Waals surface area contributed by atoms with Gasteiger partial charge >= 0.3 is 6.09 Å². The fraction of sp³-hybridized carbons (Fsp3) is 0.625. The van der Waals surface area contributed by atoms with Crippen LogP contribution in [-0.4, -0.2) is 53.9 Å². The molecular weight excluding hydrogens is 410 g/mol. The van der Waals surface area contributed by atoms with Crippen LogP contribution in [0.15, 0.2) is 30.3 Å². The van der Waals surface area contributed by atoms with Crippen LogP contribution in [0.5, 0.6) is 0 Å². The van der Waals surface area contributed by atoms with Crippen LogP contribution in [0.4, 0.5) is 4.79 Å². The number of benzene rings is 1. The Balaban J connectivity index is 1.65. The molecule has 8 nitrogen and oxygen atoms in total. The van der Waals surface area contributed by atoms with Gasteiger partial charge in [0.25, 0.3) is 0 Å². The molecule has 0 aromatic heterocycles. The van der Waals surface area contributed by atoms with Crippen molar-refractivity contribution in [2.45, 2.75) is 64.1 Å². The predicted octanol–water partition coefficient (Wildman–Crippen LogP) is 4.02. The molecule has 2 aliphatic rings. The molecule has 1 atom stereocenters. The topological polar surface area (TPSA) is 92.1 Å². The minimum absolute atomic E-state index is 0.0619. The van der Waals surface area contributed by atoms with E-state index in [-0.39, 0.29) is 18.9 Å². The molecule has 1 aliphatic carbocycles. The first kappa shape index (κ1) is 24.0. The predicted molar refractivity (Wildman–Crippen MR) is 117 cm³/mol. The summed E-state index contributed by atoms with van der Waals surface area (Å²) in [4.78, 5) is 32.9. The number of hydroxylamine groups is 2. The number of nitriles is 1. The zero-order valence-electron chi connectivity index (χ0n) is 18.8. The molecule has 3 rings (SSSR count). The Kier molecular flexibility index (Phi) is 8.89. The van der Waals surface area contributed by atoms with Crippen molar-refractivity contribution < 1.29 is 23.9 Å². The highest BCUT2D eigenvalue weighted by Gasteiger charge is 2.38. The number of hydrogen-bond donors (Lipinski definition) is 0. The molecular formula is C24H33N3O5. The first-order valence-electron chi connectivity index (χ1n) is 11.4. The summed E-state index contributed by atoms with van der Waals surface area (Å²) in [5.41, 5.74) is -0.187. The van der Waals surface area contributed by atoms with Gasteiger partial charge in [-0.15, -0.1) is 0 Å². The Hall–Kier alpha value is -2.63. The van der Waals surface area contributed by atoms with E-state index >= 15 is 0 Å². The van der Waals surface area contributed by atoms with Gasteiger partial charge in [-0.3, -0.25) is 4.79 Å². The molecule has 2 amide bonds. The highest BCUT2D eigenvalue weighted by Crippen LogP contribution is 2.35. The van der Waals surface area contributed by atoms with E-state index in [0.717, 1.165) is 31.2 Å². The van der Waals surface area contributed by atoms with Crippen LogP contribution in [0.25, 0.3) is 0 Å². The maximum atomic E-state index is 13.0. The van der Waals surface area contributed by atoms with Crippen LogP contribution in [0.3, 0.4) is 0 Å². The molecule has 0 radical (unpaired) electrons. The number of carbonyl (C=O) groups is 2. The van der Waals surface area contributed by atoms with Crippen molar-refractivity contribution in [3.8, 4) is 6.19 Å².